The van der Waals surface area contributed by atoms with Gasteiger partial charge in [-0.15, -0.1) is 0 Å². The van der Waals surface area contributed by atoms with Crippen molar-refractivity contribution in [3.63, 3.8) is 0 Å². The first-order chi connectivity index (χ1) is 8.07. The molecule has 0 unspecified atom stereocenters. The second kappa shape index (κ2) is 5.00. The average Bonchev–Trinajstić information content (AvgIpc) is 2.68. The quantitative estimate of drug-likeness (QED) is 0.871. The van der Waals surface area contributed by atoms with Crippen molar-refractivity contribution in [1.29, 1.82) is 0 Å². The van der Waals surface area contributed by atoms with Crippen LogP contribution in [-0.4, -0.2) is 29.7 Å². The fourth-order valence-electron chi connectivity index (χ4n) is 1.78. The Morgan fingerprint density at radius 1 is 1.35 bits per heavy atom. The maximum absolute atomic E-state index is 9.95. The van der Waals surface area contributed by atoms with Gasteiger partial charge >= 0.3 is 0 Å². The van der Waals surface area contributed by atoms with E-state index in [2.05, 4.69) is 0 Å². The van der Waals surface area contributed by atoms with E-state index in [1.54, 1.807) is 6.08 Å². The van der Waals surface area contributed by atoms with Gasteiger partial charge in [0.1, 0.15) is 12.2 Å². The highest BCUT2D eigenvalue weighted by Crippen LogP contribution is 2.24. The first-order valence-corrected chi connectivity index (χ1v) is 5.80. The van der Waals surface area contributed by atoms with Gasteiger partial charge in [-0.1, -0.05) is 42.5 Å². The minimum Gasteiger partial charge on any atom is -0.386 e. The van der Waals surface area contributed by atoms with Crippen molar-refractivity contribution in [2.24, 2.45) is 0 Å². The van der Waals surface area contributed by atoms with Gasteiger partial charge in [0, 0.05) is 0 Å². The van der Waals surface area contributed by atoms with Crippen molar-refractivity contribution >= 4 is 6.08 Å². The molecular weight excluding hydrogens is 216 g/mol. The van der Waals surface area contributed by atoms with E-state index in [0.29, 0.717) is 6.61 Å². The molecule has 1 aliphatic rings. The zero-order chi connectivity index (χ0) is 12.3. The van der Waals surface area contributed by atoms with Crippen LogP contribution in [0, 0.1) is 0 Å². The van der Waals surface area contributed by atoms with Crippen molar-refractivity contribution < 1.29 is 14.6 Å². The zero-order valence-electron chi connectivity index (χ0n) is 10.2. The van der Waals surface area contributed by atoms with Crippen LogP contribution in [0.1, 0.15) is 19.4 Å². The third kappa shape index (κ3) is 3.40. The summed E-state index contributed by atoms with van der Waals surface area (Å²) in [6.07, 6.45) is 2.70. The van der Waals surface area contributed by atoms with Gasteiger partial charge in [-0.25, -0.2) is 0 Å². The highest BCUT2D eigenvalue weighted by atomic mass is 16.7. The molecule has 92 valence electrons. The minimum absolute atomic E-state index is 0.287. The lowest BCUT2D eigenvalue weighted by Crippen LogP contribution is -2.29. The Morgan fingerprint density at radius 2 is 2.06 bits per heavy atom. The van der Waals surface area contributed by atoms with Gasteiger partial charge in [0.25, 0.3) is 0 Å². The summed E-state index contributed by atoms with van der Waals surface area (Å²) in [7, 11) is 0. The number of aliphatic hydroxyl groups excluding tert-OH is 1. The van der Waals surface area contributed by atoms with E-state index < -0.39 is 11.9 Å². The van der Waals surface area contributed by atoms with Crippen molar-refractivity contribution in [2.45, 2.75) is 31.8 Å². The molecular formula is C14H18O3. The second-order valence-corrected chi connectivity index (χ2v) is 4.63. The van der Waals surface area contributed by atoms with Crippen molar-refractivity contribution in [1.82, 2.24) is 0 Å². The van der Waals surface area contributed by atoms with E-state index in [9.17, 15) is 5.11 Å². The van der Waals surface area contributed by atoms with E-state index in [4.69, 9.17) is 9.47 Å². The van der Waals surface area contributed by atoms with Crippen molar-refractivity contribution in [3.05, 3.63) is 42.0 Å². The Labute approximate surface area is 102 Å². The average molecular weight is 234 g/mol. The maximum Gasteiger partial charge on any atom is 0.163 e. The number of hydrogen-bond donors (Lipinski definition) is 1. The lowest BCUT2D eigenvalue weighted by molar-refractivity contribution is -0.147. The van der Waals surface area contributed by atoms with E-state index in [1.807, 2.05) is 50.3 Å². The summed E-state index contributed by atoms with van der Waals surface area (Å²) in [6, 6.07) is 9.86. The van der Waals surface area contributed by atoms with Crippen LogP contribution in [0.15, 0.2) is 36.4 Å². The minimum atomic E-state index is -0.642. The number of aliphatic hydroxyl groups is 1. The van der Waals surface area contributed by atoms with E-state index in [0.717, 1.165) is 5.56 Å². The summed E-state index contributed by atoms with van der Waals surface area (Å²) in [5, 5.41) is 9.95. The van der Waals surface area contributed by atoms with Crippen LogP contribution in [0.5, 0.6) is 0 Å². The number of ether oxygens (including phenoxy) is 2. The molecule has 2 rings (SSSR count). The molecule has 0 radical (unpaired) electrons. The van der Waals surface area contributed by atoms with Crippen LogP contribution in [0.4, 0.5) is 0 Å². The molecule has 0 aromatic heterocycles. The Kier molecular flexibility index (Phi) is 3.62. The smallest absolute Gasteiger partial charge is 0.163 e. The fraction of sp³-hybridized carbons (Fsp3) is 0.429. The van der Waals surface area contributed by atoms with Crippen LogP contribution in [0.25, 0.3) is 6.08 Å². The second-order valence-electron chi connectivity index (χ2n) is 4.63. The van der Waals surface area contributed by atoms with Gasteiger partial charge in [-0.2, -0.15) is 0 Å². The third-order valence-corrected chi connectivity index (χ3v) is 2.70. The molecule has 1 fully saturated rings. The fourth-order valence-corrected chi connectivity index (χ4v) is 1.78. The molecule has 0 spiro atoms. The van der Waals surface area contributed by atoms with Crippen LogP contribution in [-0.2, 0) is 9.47 Å². The first kappa shape index (κ1) is 12.3. The van der Waals surface area contributed by atoms with Crippen molar-refractivity contribution in [2.75, 3.05) is 6.61 Å². The third-order valence-electron chi connectivity index (χ3n) is 2.70. The molecule has 1 N–H and O–H groups in total. The molecule has 1 aromatic rings. The van der Waals surface area contributed by atoms with E-state index in [-0.39, 0.29) is 6.10 Å². The van der Waals surface area contributed by atoms with Gasteiger partial charge in [-0.3, -0.25) is 0 Å². The van der Waals surface area contributed by atoms with Gasteiger partial charge in [0.2, 0.25) is 0 Å². The molecule has 0 bridgehead atoms. The molecule has 0 saturated carbocycles. The highest BCUT2D eigenvalue weighted by molar-refractivity contribution is 5.49. The number of rotatable bonds is 3. The highest BCUT2D eigenvalue weighted by Gasteiger charge is 2.35. The van der Waals surface area contributed by atoms with Gasteiger partial charge in [-0.05, 0) is 19.4 Å². The van der Waals surface area contributed by atoms with Crippen LogP contribution in [0.2, 0.25) is 0 Å². The molecule has 1 saturated heterocycles. The molecule has 1 aliphatic heterocycles. The Balaban J connectivity index is 1.94. The normalized spacial score (nSPS) is 25.2. The standard InChI is InChI=1S/C14H18O3/c1-14(2)16-10-13(17-14)12(15)9-8-11-6-4-3-5-7-11/h3-9,12-13,15H,10H2,1-2H3/b9-8+/t12-,13+/m0/s1. The summed E-state index contributed by atoms with van der Waals surface area (Å²) in [5.41, 5.74) is 1.06. The van der Waals surface area contributed by atoms with Gasteiger partial charge in [0.05, 0.1) is 6.61 Å². The van der Waals surface area contributed by atoms with Crippen LogP contribution in [0.3, 0.4) is 0 Å². The monoisotopic (exact) mass is 234 g/mol. The molecule has 17 heavy (non-hydrogen) atoms. The SMILES string of the molecule is CC1(C)OC[C@H]([C@@H](O)/C=C/c2ccccc2)O1. The predicted octanol–water partition coefficient (Wildman–Crippen LogP) is 2.21. The number of benzene rings is 1. The molecule has 3 nitrogen and oxygen atoms in total. The van der Waals surface area contributed by atoms with E-state index >= 15 is 0 Å². The van der Waals surface area contributed by atoms with E-state index in [1.165, 1.54) is 0 Å². The maximum atomic E-state index is 9.95. The molecule has 1 aromatic carbocycles. The largest absolute Gasteiger partial charge is 0.386 e. The summed E-state index contributed by atoms with van der Waals surface area (Å²) in [5.74, 6) is -0.591. The summed E-state index contributed by atoms with van der Waals surface area (Å²) in [4.78, 5) is 0. The lowest BCUT2D eigenvalue weighted by atomic mass is 10.1. The molecule has 1 heterocycles. The predicted molar refractivity (Wildman–Crippen MR) is 66.4 cm³/mol. The van der Waals surface area contributed by atoms with Crippen LogP contribution >= 0.6 is 0 Å². The number of hydrogen-bond acceptors (Lipinski definition) is 3. The van der Waals surface area contributed by atoms with Gasteiger partial charge in [0.15, 0.2) is 5.79 Å². The molecule has 2 atom stereocenters. The summed E-state index contributed by atoms with van der Waals surface area (Å²) < 4.78 is 11.0. The van der Waals surface area contributed by atoms with Crippen molar-refractivity contribution in [3.8, 4) is 0 Å². The molecule has 3 heteroatoms. The molecule has 0 aliphatic carbocycles. The Bertz CT molecular complexity index is 384. The topological polar surface area (TPSA) is 38.7 Å². The Morgan fingerprint density at radius 3 is 2.65 bits per heavy atom. The summed E-state index contributed by atoms with van der Waals surface area (Å²) >= 11 is 0. The Hall–Kier alpha value is -1.16. The first-order valence-electron chi connectivity index (χ1n) is 5.80. The zero-order valence-corrected chi connectivity index (χ0v) is 10.2. The van der Waals surface area contributed by atoms with Gasteiger partial charge < -0.3 is 14.6 Å². The lowest BCUT2D eigenvalue weighted by Gasteiger charge is -2.18. The molecule has 0 amide bonds. The van der Waals surface area contributed by atoms with Crippen LogP contribution < -0.4 is 0 Å². The summed E-state index contributed by atoms with van der Waals surface area (Å²) in [6.45, 7) is 4.12.